The third-order valence-electron chi connectivity index (χ3n) is 6.46. The molecule has 18 heavy (non-hydrogen) atoms. The molecule has 0 heterocycles. The van der Waals surface area contributed by atoms with Gasteiger partial charge in [0.25, 0.3) is 0 Å². The molecule has 2 saturated carbocycles. The summed E-state index contributed by atoms with van der Waals surface area (Å²) in [7, 11) is 0. The van der Waals surface area contributed by atoms with Crippen molar-refractivity contribution in [1.29, 1.82) is 0 Å². The van der Waals surface area contributed by atoms with E-state index in [1.54, 1.807) is 5.56 Å². The molecule has 0 N–H and O–H groups in total. The summed E-state index contributed by atoms with van der Waals surface area (Å²) in [4.78, 5) is 0. The van der Waals surface area contributed by atoms with Crippen molar-refractivity contribution in [3.63, 3.8) is 0 Å². The van der Waals surface area contributed by atoms with Crippen LogP contribution in [0, 0.1) is 23.7 Å². The molecule has 0 saturated heterocycles. The van der Waals surface area contributed by atoms with Gasteiger partial charge in [-0.05, 0) is 66.4 Å². The Morgan fingerprint density at radius 1 is 1.17 bits per heavy atom. The van der Waals surface area contributed by atoms with Crippen LogP contribution in [-0.2, 0) is 6.42 Å². The zero-order valence-electron chi connectivity index (χ0n) is 12.0. The minimum absolute atomic E-state index is 0.504. The number of hydrogen-bond donors (Lipinski definition) is 0. The van der Waals surface area contributed by atoms with Gasteiger partial charge in [0.05, 0.1) is 0 Å². The summed E-state index contributed by atoms with van der Waals surface area (Å²) in [6.45, 7) is 11.5. The Morgan fingerprint density at radius 2 is 1.83 bits per heavy atom. The number of fused-ring (bicyclic) bond motifs is 2. The van der Waals surface area contributed by atoms with Crippen molar-refractivity contribution >= 4 is 0 Å². The SMILES string of the molecule is [CH2]Cc1ccc(C2CC3CCC2(C)C3(C)C)cc1. The standard InChI is InChI=1S/C18H25/c1-5-13-6-8-14(9-7-13)16-12-15-10-11-18(16,4)17(15,2)3/h6-9,15-16H,1,5,10-12H2,2-4H3. The molecule has 2 fully saturated rings. The Hall–Kier alpha value is -0.780. The van der Waals surface area contributed by atoms with Gasteiger partial charge < -0.3 is 0 Å². The van der Waals surface area contributed by atoms with E-state index in [0.29, 0.717) is 10.8 Å². The highest BCUT2D eigenvalue weighted by Gasteiger charge is 2.61. The fraction of sp³-hybridized carbons (Fsp3) is 0.611. The van der Waals surface area contributed by atoms with Crippen LogP contribution >= 0.6 is 0 Å². The molecule has 2 bridgehead atoms. The van der Waals surface area contributed by atoms with E-state index < -0.39 is 0 Å². The van der Waals surface area contributed by atoms with Crippen molar-refractivity contribution in [2.24, 2.45) is 16.7 Å². The minimum Gasteiger partial charge on any atom is -0.0591 e. The molecule has 2 aliphatic carbocycles. The molecule has 0 heteroatoms. The summed E-state index contributed by atoms with van der Waals surface area (Å²) in [5.74, 6) is 1.70. The highest BCUT2D eigenvalue weighted by Crippen LogP contribution is 2.70. The lowest BCUT2D eigenvalue weighted by Crippen LogP contribution is -2.31. The van der Waals surface area contributed by atoms with Crippen molar-refractivity contribution in [3.8, 4) is 0 Å². The smallest absolute Gasteiger partial charge is 0.00999 e. The van der Waals surface area contributed by atoms with E-state index in [1.165, 1.54) is 24.8 Å². The lowest BCUT2D eigenvalue weighted by Gasteiger charge is -2.39. The second-order valence-corrected chi connectivity index (χ2v) is 7.15. The minimum atomic E-state index is 0.504. The molecular weight excluding hydrogens is 216 g/mol. The van der Waals surface area contributed by atoms with Gasteiger partial charge in [0, 0.05) is 0 Å². The molecule has 0 aromatic heterocycles. The predicted octanol–water partition coefficient (Wildman–Crippen LogP) is 4.99. The Morgan fingerprint density at radius 3 is 2.28 bits per heavy atom. The molecule has 1 aromatic carbocycles. The van der Waals surface area contributed by atoms with Crippen LogP contribution in [0.15, 0.2) is 24.3 Å². The maximum Gasteiger partial charge on any atom is -0.00999 e. The van der Waals surface area contributed by atoms with Crippen molar-refractivity contribution in [3.05, 3.63) is 42.3 Å². The summed E-state index contributed by atoms with van der Waals surface area (Å²) < 4.78 is 0. The van der Waals surface area contributed by atoms with Crippen LogP contribution in [0.5, 0.6) is 0 Å². The lowest BCUT2D eigenvalue weighted by molar-refractivity contribution is 0.134. The second-order valence-electron chi connectivity index (χ2n) is 7.15. The van der Waals surface area contributed by atoms with Crippen LogP contribution in [0.25, 0.3) is 0 Å². The highest BCUT2D eigenvalue weighted by atomic mass is 14.7. The Labute approximate surface area is 112 Å². The third kappa shape index (κ3) is 1.44. The van der Waals surface area contributed by atoms with E-state index >= 15 is 0 Å². The van der Waals surface area contributed by atoms with Crippen LogP contribution in [0.1, 0.15) is 57.1 Å². The Kier molecular flexibility index (Phi) is 2.63. The van der Waals surface area contributed by atoms with Crippen molar-refractivity contribution in [1.82, 2.24) is 0 Å². The summed E-state index contributed by atoms with van der Waals surface area (Å²) in [5, 5.41) is 0. The van der Waals surface area contributed by atoms with Gasteiger partial charge in [-0.3, -0.25) is 0 Å². The molecule has 3 unspecified atom stereocenters. The molecule has 1 aromatic rings. The van der Waals surface area contributed by atoms with E-state index in [2.05, 4.69) is 52.0 Å². The van der Waals surface area contributed by atoms with Gasteiger partial charge in [0.1, 0.15) is 0 Å². The molecule has 0 aliphatic heterocycles. The van der Waals surface area contributed by atoms with Crippen LogP contribution in [-0.4, -0.2) is 0 Å². The van der Waals surface area contributed by atoms with Gasteiger partial charge in [-0.2, -0.15) is 0 Å². The molecule has 3 atom stereocenters. The van der Waals surface area contributed by atoms with Gasteiger partial charge in [0.15, 0.2) is 0 Å². The fourth-order valence-corrected chi connectivity index (χ4v) is 4.62. The number of hydrogen-bond acceptors (Lipinski definition) is 0. The predicted molar refractivity (Wildman–Crippen MR) is 77.5 cm³/mol. The van der Waals surface area contributed by atoms with Crippen LogP contribution < -0.4 is 0 Å². The summed E-state index contributed by atoms with van der Waals surface area (Å²) in [6, 6.07) is 9.25. The van der Waals surface area contributed by atoms with Gasteiger partial charge >= 0.3 is 0 Å². The van der Waals surface area contributed by atoms with E-state index in [4.69, 9.17) is 0 Å². The average molecular weight is 241 g/mol. The van der Waals surface area contributed by atoms with Gasteiger partial charge in [-0.25, -0.2) is 0 Å². The zero-order chi connectivity index (χ0) is 13.0. The molecule has 3 rings (SSSR count). The van der Waals surface area contributed by atoms with Gasteiger partial charge in [-0.1, -0.05) is 45.0 Å². The Balaban J connectivity index is 1.94. The van der Waals surface area contributed by atoms with E-state index in [1.807, 2.05) is 0 Å². The number of benzene rings is 1. The maximum absolute atomic E-state index is 3.96. The summed E-state index contributed by atoms with van der Waals surface area (Å²) in [6.07, 6.45) is 5.15. The van der Waals surface area contributed by atoms with E-state index in [-0.39, 0.29) is 0 Å². The average Bonchev–Trinajstić information content (AvgIpc) is 2.71. The second kappa shape index (κ2) is 3.85. The normalized spacial score (nSPS) is 37.1. The largest absolute Gasteiger partial charge is 0.0591 e. The third-order valence-corrected chi connectivity index (χ3v) is 6.46. The van der Waals surface area contributed by atoms with Gasteiger partial charge in [0.2, 0.25) is 0 Å². The maximum atomic E-state index is 3.96. The molecular formula is C18H25. The Bertz CT molecular complexity index is 440. The first-order chi connectivity index (χ1) is 8.49. The quantitative estimate of drug-likeness (QED) is 0.684. The topological polar surface area (TPSA) is 0 Å². The first-order valence-electron chi connectivity index (χ1n) is 7.37. The molecule has 0 amide bonds. The summed E-state index contributed by atoms with van der Waals surface area (Å²) >= 11 is 0. The fourth-order valence-electron chi connectivity index (χ4n) is 4.62. The van der Waals surface area contributed by atoms with Crippen LogP contribution in [0.4, 0.5) is 0 Å². The van der Waals surface area contributed by atoms with Crippen molar-refractivity contribution in [2.45, 2.75) is 52.4 Å². The molecule has 1 radical (unpaired) electrons. The first kappa shape index (κ1) is 12.3. The van der Waals surface area contributed by atoms with E-state index in [0.717, 1.165) is 18.3 Å². The first-order valence-corrected chi connectivity index (χ1v) is 7.37. The molecule has 0 nitrogen and oxygen atoms in total. The number of rotatable bonds is 2. The van der Waals surface area contributed by atoms with Gasteiger partial charge in [-0.15, -0.1) is 0 Å². The zero-order valence-corrected chi connectivity index (χ0v) is 12.0. The van der Waals surface area contributed by atoms with Crippen LogP contribution in [0.2, 0.25) is 0 Å². The lowest BCUT2D eigenvalue weighted by atomic mass is 9.65. The van der Waals surface area contributed by atoms with Crippen molar-refractivity contribution < 1.29 is 0 Å². The summed E-state index contributed by atoms with van der Waals surface area (Å²) in [5.41, 5.74) is 3.93. The molecule has 0 spiro atoms. The van der Waals surface area contributed by atoms with Crippen molar-refractivity contribution in [2.75, 3.05) is 0 Å². The molecule has 2 aliphatic rings. The highest BCUT2D eigenvalue weighted by molar-refractivity contribution is 5.31. The van der Waals surface area contributed by atoms with E-state index in [9.17, 15) is 0 Å². The monoisotopic (exact) mass is 241 g/mol. The molecule has 97 valence electrons. The van der Waals surface area contributed by atoms with Crippen LogP contribution in [0.3, 0.4) is 0 Å².